The molecule has 0 saturated carbocycles. The van der Waals surface area contributed by atoms with Crippen LogP contribution in [0.3, 0.4) is 0 Å². The number of halogens is 1. The van der Waals surface area contributed by atoms with E-state index in [4.69, 9.17) is 16.3 Å². The van der Waals surface area contributed by atoms with Crippen LogP contribution in [-0.4, -0.2) is 59.9 Å². The maximum absolute atomic E-state index is 13.1. The van der Waals surface area contributed by atoms with Crippen LogP contribution in [0, 0.1) is 5.41 Å². The molecular weight excluding hydrogens is 470 g/mol. The van der Waals surface area contributed by atoms with Gasteiger partial charge in [0.25, 0.3) is 0 Å². The molecule has 2 fully saturated rings. The normalized spacial score (nSPS) is 22.9. The van der Waals surface area contributed by atoms with Crippen LogP contribution in [0.4, 0.5) is 5.69 Å². The van der Waals surface area contributed by atoms with Crippen molar-refractivity contribution < 1.29 is 23.9 Å². The molecule has 2 aliphatic heterocycles. The van der Waals surface area contributed by atoms with Gasteiger partial charge in [0.2, 0.25) is 17.7 Å². The van der Waals surface area contributed by atoms with Gasteiger partial charge in [-0.3, -0.25) is 24.5 Å². The second-order valence-electron chi connectivity index (χ2n) is 10.6. The number of anilines is 1. The molecule has 192 valence electrons. The van der Waals surface area contributed by atoms with Crippen molar-refractivity contribution in [2.75, 3.05) is 24.5 Å². The molecule has 35 heavy (non-hydrogen) atoms. The van der Waals surface area contributed by atoms with Crippen LogP contribution in [0.2, 0.25) is 5.02 Å². The highest BCUT2D eigenvalue weighted by Gasteiger charge is 2.49. The Kier molecular flexibility index (Phi) is 8.14. The molecule has 2 aliphatic rings. The van der Waals surface area contributed by atoms with E-state index in [2.05, 4.69) is 30.1 Å². The Labute approximate surface area is 212 Å². The van der Waals surface area contributed by atoms with Gasteiger partial charge < -0.3 is 14.5 Å². The highest BCUT2D eigenvalue weighted by Crippen LogP contribution is 2.38. The number of hydrogen-bond acceptors (Lipinski definition) is 6. The van der Waals surface area contributed by atoms with Gasteiger partial charge in [0.1, 0.15) is 5.60 Å². The maximum atomic E-state index is 13.1. The molecule has 2 saturated heterocycles. The number of esters is 1. The van der Waals surface area contributed by atoms with Crippen LogP contribution in [-0.2, 0) is 30.3 Å². The van der Waals surface area contributed by atoms with Crippen molar-refractivity contribution in [3.63, 3.8) is 0 Å². The Balaban J connectivity index is 1.63. The van der Waals surface area contributed by atoms with E-state index in [1.165, 1.54) is 0 Å². The smallest absolute Gasteiger partial charge is 0.307 e. The van der Waals surface area contributed by atoms with Crippen molar-refractivity contribution in [2.45, 2.75) is 78.4 Å². The summed E-state index contributed by atoms with van der Waals surface area (Å²) in [5.74, 6) is -1.57. The molecule has 0 spiro atoms. The number of carbonyl (C=O) groups is 4. The zero-order chi connectivity index (χ0) is 26.0. The summed E-state index contributed by atoms with van der Waals surface area (Å²) in [4.78, 5) is 54.3. The predicted molar refractivity (Wildman–Crippen MR) is 134 cm³/mol. The van der Waals surface area contributed by atoms with Crippen molar-refractivity contribution in [3.8, 4) is 0 Å². The van der Waals surface area contributed by atoms with E-state index < -0.39 is 28.8 Å². The van der Waals surface area contributed by atoms with Gasteiger partial charge in [0.15, 0.2) is 0 Å². The fourth-order valence-electron chi connectivity index (χ4n) is 4.86. The minimum Gasteiger partial charge on any atom is -0.460 e. The first-order chi connectivity index (χ1) is 16.3. The van der Waals surface area contributed by atoms with Crippen LogP contribution in [0.15, 0.2) is 18.2 Å². The molecule has 3 rings (SSSR count). The SMILES string of the molecule is CCc1cc(N2CCN(C(=O)CCC3(CC(=O)OC(C)(C)C)CC(=O)NC3=O)C[C@@H]2C)ccc1Cl. The highest BCUT2D eigenvalue weighted by atomic mass is 35.5. The molecule has 9 heteroatoms. The number of hydrogen-bond donors (Lipinski definition) is 1. The molecule has 0 bridgehead atoms. The monoisotopic (exact) mass is 505 g/mol. The first kappa shape index (κ1) is 27.0. The first-order valence-electron chi connectivity index (χ1n) is 12.2. The fraction of sp³-hybridized carbons (Fsp3) is 0.615. The predicted octanol–water partition coefficient (Wildman–Crippen LogP) is 3.48. The Morgan fingerprint density at radius 3 is 2.51 bits per heavy atom. The van der Waals surface area contributed by atoms with Crippen LogP contribution in [0.25, 0.3) is 0 Å². The van der Waals surface area contributed by atoms with Crippen molar-refractivity contribution >= 4 is 41.0 Å². The van der Waals surface area contributed by atoms with Crippen LogP contribution < -0.4 is 10.2 Å². The molecule has 8 nitrogen and oxygen atoms in total. The number of imide groups is 1. The third-order valence-corrected chi connectivity index (χ3v) is 7.04. The lowest BCUT2D eigenvalue weighted by molar-refractivity contribution is -0.160. The minimum atomic E-state index is -1.25. The lowest BCUT2D eigenvalue weighted by atomic mass is 9.78. The third kappa shape index (κ3) is 6.54. The van der Waals surface area contributed by atoms with Gasteiger partial charge in [-0.05, 0) is 64.3 Å². The van der Waals surface area contributed by atoms with E-state index in [9.17, 15) is 19.2 Å². The molecule has 0 aliphatic carbocycles. The number of amides is 3. The van der Waals surface area contributed by atoms with Crippen molar-refractivity contribution in [2.24, 2.45) is 5.41 Å². The average Bonchev–Trinajstić information content (AvgIpc) is 3.03. The van der Waals surface area contributed by atoms with Crippen LogP contribution in [0.5, 0.6) is 0 Å². The summed E-state index contributed by atoms with van der Waals surface area (Å²) >= 11 is 6.27. The minimum absolute atomic E-state index is 0.0805. The van der Waals surface area contributed by atoms with Crippen molar-refractivity contribution in [1.82, 2.24) is 10.2 Å². The number of rotatable bonds is 7. The highest BCUT2D eigenvalue weighted by molar-refractivity contribution is 6.31. The Morgan fingerprint density at radius 2 is 1.94 bits per heavy atom. The Hall–Kier alpha value is -2.61. The first-order valence-corrected chi connectivity index (χ1v) is 12.6. The summed E-state index contributed by atoms with van der Waals surface area (Å²) in [7, 11) is 0. The van der Waals surface area contributed by atoms with Crippen molar-refractivity contribution in [3.05, 3.63) is 28.8 Å². The standard InChI is InChI=1S/C26H36ClN3O5/c1-6-18-13-19(7-8-20(18)27)30-12-11-29(16-17(30)2)22(32)9-10-26(14-21(31)28-24(26)34)15-23(33)35-25(3,4)5/h7-8,13,17H,6,9-12,14-16H2,1-5H3,(H,28,31,34)/t17-,26?/m0/s1. The molecule has 2 atom stereocenters. The number of aryl methyl sites for hydroxylation is 1. The molecule has 1 unspecified atom stereocenters. The van der Waals surface area contributed by atoms with Gasteiger partial charge in [-0.15, -0.1) is 0 Å². The molecule has 3 amide bonds. The number of benzene rings is 1. The molecule has 1 N–H and O–H groups in total. The van der Waals surface area contributed by atoms with Gasteiger partial charge in [-0.1, -0.05) is 18.5 Å². The van der Waals surface area contributed by atoms with Gasteiger partial charge in [-0.2, -0.15) is 0 Å². The van der Waals surface area contributed by atoms with Gasteiger partial charge >= 0.3 is 5.97 Å². The quantitative estimate of drug-likeness (QED) is 0.450. The van der Waals surface area contributed by atoms with Gasteiger partial charge in [0.05, 0.1) is 11.8 Å². The van der Waals surface area contributed by atoms with E-state index >= 15 is 0 Å². The van der Waals surface area contributed by atoms with E-state index in [-0.39, 0.29) is 37.6 Å². The number of nitrogens with zero attached hydrogens (tertiary/aromatic N) is 2. The van der Waals surface area contributed by atoms with E-state index in [1.807, 2.05) is 12.1 Å². The third-order valence-electron chi connectivity index (χ3n) is 6.68. The van der Waals surface area contributed by atoms with Gasteiger partial charge in [0, 0.05) is 49.2 Å². The summed E-state index contributed by atoms with van der Waals surface area (Å²) in [6.07, 6.45) is 0.709. The molecular formula is C26H36ClN3O5. The molecule has 1 aromatic rings. The zero-order valence-electron chi connectivity index (χ0n) is 21.3. The van der Waals surface area contributed by atoms with E-state index in [0.29, 0.717) is 19.6 Å². The largest absolute Gasteiger partial charge is 0.460 e. The average molecular weight is 506 g/mol. The molecule has 2 heterocycles. The summed E-state index contributed by atoms with van der Waals surface area (Å²) in [6, 6.07) is 6.13. The maximum Gasteiger partial charge on any atom is 0.307 e. The fourth-order valence-corrected chi connectivity index (χ4v) is 5.11. The molecule has 1 aromatic carbocycles. The van der Waals surface area contributed by atoms with E-state index in [1.54, 1.807) is 25.7 Å². The number of ether oxygens (including phenoxy) is 1. The zero-order valence-corrected chi connectivity index (χ0v) is 22.0. The lowest BCUT2D eigenvalue weighted by Crippen LogP contribution is -2.54. The molecule has 0 radical (unpaired) electrons. The summed E-state index contributed by atoms with van der Waals surface area (Å²) < 4.78 is 5.38. The summed E-state index contributed by atoms with van der Waals surface area (Å²) in [6.45, 7) is 11.2. The second-order valence-corrected chi connectivity index (χ2v) is 11.0. The Morgan fingerprint density at radius 1 is 1.23 bits per heavy atom. The Bertz CT molecular complexity index is 1010. The summed E-state index contributed by atoms with van der Waals surface area (Å²) in [5, 5.41) is 3.05. The number of nitrogens with one attached hydrogen (secondary N) is 1. The number of carbonyl (C=O) groups excluding carboxylic acids is 4. The van der Waals surface area contributed by atoms with E-state index in [0.717, 1.165) is 22.7 Å². The molecule has 0 aromatic heterocycles. The topological polar surface area (TPSA) is 96.0 Å². The van der Waals surface area contributed by atoms with Gasteiger partial charge in [-0.25, -0.2) is 0 Å². The lowest BCUT2D eigenvalue weighted by Gasteiger charge is -2.41. The van der Waals surface area contributed by atoms with Crippen LogP contribution >= 0.6 is 11.6 Å². The summed E-state index contributed by atoms with van der Waals surface area (Å²) in [5.41, 5.74) is 0.228. The number of piperazine rings is 1. The van der Waals surface area contributed by atoms with Crippen molar-refractivity contribution in [1.29, 1.82) is 0 Å². The second kappa shape index (κ2) is 10.6. The van der Waals surface area contributed by atoms with Crippen LogP contribution in [0.1, 0.15) is 65.9 Å².